The summed E-state index contributed by atoms with van der Waals surface area (Å²) < 4.78 is 0. The van der Waals surface area contributed by atoms with Crippen LogP contribution >= 0.6 is 0 Å². The van der Waals surface area contributed by atoms with Gasteiger partial charge in [-0.25, -0.2) is 0 Å². The fourth-order valence-corrected chi connectivity index (χ4v) is 0.385. The normalized spacial score (nSPS) is 9.78. The van der Waals surface area contributed by atoms with Crippen LogP contribution in [0.3, 0.4) is 0 Å². The predicted molar refractivity (Wildman–Crippen MR) is 37.2 cm³/mol. The number of nitrogens with one attached hydrogen (secondary N) is 2. The highest BCUT2D eigenvalue weighted by Gasteiger charge is 1.96. The van der Waals surface area contributed by atoms with Crippen LogP contribution in [-0.2, 0) is 4.79 Å². The van der Waals surface area contributed by atoms with Crippen LogP contribution in [0.15, 0.2) is 0 Å². The molecule has 0 bridgehead atoms. The molecule has 3 nitrogen and oxygen atoms in total. The molecule has 0 saturated carbocycles. The molecular formula is C6H14N2O. The van der Waals surface area contributed by atoms with E-state index >= 15 is 0 Å². The predicted octanol–water partition coefficient (Wildman–Crippen LogP) is -0.270. The molecule has 54 valence electrons. The summed E-state index contributed by atoms with van der Waals surface area (Å²) >= 11 is 0. The second kappa shape index (κ2) is 4.32. The lowest BCUT2D eigenvalue weighted by Gasteiger charge is -2.05. The lowest BCUT2D eigenvalue weighted by Crippen LogP contribution is -2.34. The zero-order valence-corrected chi connectivity index (χ0v) is 6.19. The van der Waals surface area contributed by atoms with Gasteiger partial charge in [-0.05, 0) is 0 Å². The first-order valence-corrected chi connectivity index (χ1v) is 3.10. The highest BCUT2D eigenvalue weighted by molar-refractivity contribution is 5.77. The molecule has 0 atom stereocenters. The Morgan fingerprint density at radius 1 is 1.56 bits per heavy atom. The molecule has 0 fully saturated rings. The van der Waals surface area contributed by atoms with Crippen molar-refractivity contribution in [2.24, 2.45) is 0 Å². The SMILES string of the molecule is CNC(=O)CNC(C)C. The molecule has 0 aromatic rings. The summed E-state index contributed by atoms with van der Waals surface area (Å²) in [6.07, 6.45) is 0. The number of carbonyl (C=O) groups excluding carboxylic acids is 1. The third-order valence-corrected chi connectivity index (χ3v) is 0.950. The highest BCUT2D eigenvalue weighted by atomic mass is 16.1. The molecule has 0 aliphatic carbocycles. The second-order valence-corrected chi connectivity index (χ2v) is 2.21. The molecule has 0 saturated heterocycles. The molecule has 2 N–H and O–H groups in total. The lowest BCUT2D eigenvalue weighted by molar-refractivity contribution is -0.119. The Labute approximate surface area is 55.8 Å². The van der Waals surface area contributed by atoms with E-state index in [-0.39, 0.29) is 5.91 Å². The molecule has 0 aromatic carbocycles. The fourth-order valence-electron chi connectivity index (χ4n) is 0.385. The van der Waals surface area contributed by atoms with Crippen LogP contribution in [0.1, 0.15) is 13.8 Å². The monoisotopic (exact) mass is 130 g/mol. The van der Waals surface area contributed by atoms with Crippen LogP contribution in [0, 0.1) is 0 Å². The quantitative estimate of drug-likeness (QED) is 0.552. The number of likely N-dealkylation sites (N-methyl/N-ethyl adjacent to an activating group) is 1. The first-order chi connectivity index (χ1) is 4.16. The van der Waals surface area contributed by atoms with E-state index in [9.17, 15) is 4.79 Å². The fraction of sp³-hybridized carbons (Fsp3) is 0.833. The van der Waals surface area contributed by atoms with Gasteiger partial charge in [-0.1, -0.05) is 13.8 Å². The minimum atomic E-state index is 0.0312. The van der Waals surface area contributed by atoms with Crippen molar-refractivity contribution >= 4 is 5.91 Å². The molecule has 0 unspecified atom stereocenters. The van der Waals surface area contributed by atoms with E-state index in [0.29, 0.717) is 12.6 Å². The summed E-state index contributed by atoms with van der Waals surface area (Å²) in [5.74, 6) is 0.0312. The summed E-state index contributed by atoms with van der Waals surface area (Å²) in [6.45, 7) is 4.42. The molecule has 0 rings (SSSR count). The van der Waals surface area contributed by atoms with Crippen LogP contribution in [0.2, 0.25) is 0 Å². The van der Waals surface area contributed by atoms with Crippen molar-refractivity contribution in [3.8, 4) is 0 Å². The van der Waals surface area contributed by atoms with Gasteiger partial charge in [0.15, 0.2) is 0 Å². The molecule has 0 aliphatic rings. The third kappa shape index (κ3) is 5.30. The smallest absolute Gasteiger partial charge is 0.233 e. The standard InChI is InChI=1S/C6H14N2O/c1-5(2)8-4-6(9)7-3/h5,8H,4H2,1-3H3,(H,7,9). The summed E-state index contributed by atoms with van der Waals surface area (Å²) in [7, 11) is 1.63. The summed E-state index contributed by atoms with van der Waals surface area (Å²) in [4.78, 5) is 10.5. The van der Waals surface area contributed by atoms with Gasteiger partial charge in [-0.3, -0.25) is 4.79 Å². The van der Waals surface area contributed by atoms with Gasteiger partial charge in [0.1, 0.15) is 0 Å². The first kappa shape index (κ1) is 8.43. The van der Waals surface area contributed by atoms with Gasteiger partial charge in [-0.15, -0.1) is 0 Å². The average Bonchev–Trinajstić information content (AvgIpc) is 1.83. The Balaban J connectivity index is 3.17. The second-order valence-electron chi connectivity index (χ2n) is 2.21. The van der Waals surface area contributed by atoms with Gasteiger partial charge in [0, 0.05) is 13.1 Å². The van der Waals surface area contributed by atoms with Crippen LogP contribution in [0.25, 0.3) is 0 Å². The van der Waals surface area contributed by atoms with Crippen molar-refractivity contribution in [1.29, 1.82) is 0 Å². The molecular weight excluding hydrogens is 116 g/mol. The van der Waals surface area contributed by atoms with Crippen molar-refractivity contribution < 1.29 is 4.79 Å². The van der Waals surface area contributed by atoms with Gasteiger partial charge < -0.3 is 10.6 Å². The maximum Gasteiger partial charge on any atom is 0.233 e. The number of rotatable bonds is 3. The van der Waals surface area contributed by atoms with Gasteiger partial charge in [0.25, 0.3) is 0 Å². The van der Waals surface area contributed by atoms with E-state index in [1.807, 2.05) is 13.8 Å². The summed E-state index contributed by atoms with van der Waals surface area (Å²) in [5.41, 5.74) is 0. The van der Waals surface area contributed by atoms with Crippen LogP contribution < -0.4 is 10.6 Å². The largest absolute Gasteiger partial charge is 0.358 e. The Bertz CT molecular complexity index is 91.1. The van der Waals surface area contributed by atoms with Gasteiger partial charge in [-0.2, -0.15) is 0 Å². The van der Waals surface area contributed by atoms with Crippen molar-refractivity contribution in [1.82, 2.24) is 10.6 Å². The molecule has 9 heavy (non-hydrogen) atoms. The van der Waals surface area contributed by atoms with E-state index < -0.39 is 0 Å². The van der Waals surface area contributed by atoms with Crippen LogP contribution in [0.4, 0.5) is 0 Å². The molecule has 0 aliphatic heterocycles. The molecule has 0 radical (unpaired) electrons. The van der Waals surface area contributed by atoms with Crippen molar-refractivity contribution in [3.05, 3.63) is 0 Å². The highest BCUT2D eigenvalue weighted by Crippen LogP contribution is 1.73. The van der Waals surface area contributed by atoms with Gasteiger partial charge in [0.2, 0.25) is 5.91 Å². The number of amides is 1. The zero-order valence-electron chi connectivity index (χ0n) is 6.19. The molecule has 1 amide bonds. The zero-order chi connectivity index (χ0) is 7.28. The summed E-state index contributed by atoms with van der Waals surface area (Å²) in [5, 5.41) is 5.50. The number of carbonyl (C=O) groups is 1. The average molecular weight is 130 g/mol. The topological polar surface area (TPSA) is 41.1 Å². The maximum absolute atomic E-state index is 10.5. The van der Waals surface area contributed by atoms with Crippen molar-refractivity contribution in [2.45, 2.75) is 19.9 Å². The Morgan fingerprint density at radius 2 is 2.11 bits per heavy atom. The van der Waals surface area contributed by atoms with Crippen molar-refractivity contribution in [2.75, 3.05) is 13.6 Å². The van der Waals surface area contributed by atoms with E-state index in [1.165, 1.54) is 0 Å². The molecule has 0 aromatic heterocycles. The van der Waals surface area contributed by atoms with E-state index in [2.05, 4.69) is 10.6 Å². The molecule has 0 spiro atoms. The summed E-state index contributed by atoms with van der Waals surface area (Å²) in [6, 6.07) is 0.377. The number of hydrogen-bond acceptors (Lipinski definition) is 2. The van der Waals surface area contributed by atoms with E-state index in [1.54, 1.807) is 7.05 Å². The van der Waals surface area contributed by atoms with Gasteiger partial charge >= 0.3 is 0 Å². The minimum Gasteiger partial charge on any atom is -0.358 e. The minimum absolute atomic E-state index is 0.0312. The third-order valence-electron chi connectivity index (χ3n) is 0.950. The Hall–Kier alpha value is -0.570. The van der Waals surface area contributed by atoms with Crippen LogP contribution in [0.5, 0.6) is 0 Å². The lowest BCUT2D eigenvalue weighted by atomic mass is 10.4. The first-order valence-electron chi connectivity index (χ1n) is 3.10. The number of hydrogen-bond donors (Lipinski definition) is 2. The Morgan fingerprint density at radius 3 is 2.44 bits per heavy atom. The maximum atomic E-state index is 10.5. The van der Waals surface area contributed by atoms with E-state index in [4.69, 9.17) is 0 Å². The Kier molecular flexibility index (Phi) is 4.05. The molecule has 3 heteroatoms. The van der Waals surface area contributed by atoms with E-state index in [0.717, 1.165) is 0 Å². The van der Waals surface area contributed by atoms with Gasteiger partial charge in [0.05, 0.1) is 6.54 Å². The van der Waals surface area contributed by atoms with Crippen molar-refractivity contribution in [3.63, 3.8) is 0 Å². The van der Waals surface area contributed by atoms with Crippen LogP contribution in [-0.4, -0.2) is 25.5 Å². The molecule has 0 heterocycles.